The molecule has 0 radical (unpaired) electrons. The Morgan fingerprint density at radius 1 is 0.360 bits per heavy atom. The number of unbranched alkanes of at least 4 members (excludes halogenated alkanes) is 39. The molecule has 0 spiro atoms. The van der Waals surface area contributed by atoms with Crippen LogP contribution >= 0.6 is 7.82 Å². The molecule has 2 atom stereocenters. The van der Waals surface area contributed by atoms with E-state index < -0.39 is 26.5 Å². The molecule has 516 valence electrons. The molecule has 0 aromatic heterocycles. The summed E-state index contributed by atoms with van der Waals surface area (Å²) in [5, 5.41) is 0. The van der Waals surface area contributed by atoms with E-state index in [1.54, 1.807) is 0 Å². The number of nitrogens with zero attached hydrogens (tertiary/aromatic N) is 1. The van der Waals surface area contributed by atoms with E-state index >= 15 is 0 Å². The van der Waals surface area contributed by atoms with Gasteiger partial charge in [0.2, 0.25) is 0 Å². The predicted octanol–water partition coefficient (Wildman–Crippen LogP) is 24.7. The largest absolute Gasteiger partial charge is 0.472 e. The first-order valence-electron chi connectivity index (χ1n) is 37.5. The number of esters is 2. The smallest absolute Gasteiger partial charge is 0.462 e. The lowest BCUT2D eigenvalue weighted by molar-refractivity contribution is -0.870. The van der Waals surface area contributed by atoms with Gasteiger partial charge in [0.25, 0.3) is 0 Å². The number of quaternary nitrogens is 1. The van der Waals surface area contributed by atoms with E-state index in [1.165, 1.54) is 199 Å². The summed E-state index contributed by atoms with van der Waals surface area (Å²) in [6, 6.07) is 0. The molecule has 9 nitrogen and oxygen atoms in total. The summed E-state index contributed by atoms with van der Waals surface area (Å²) < 4.78 is 34.7. The Morgan fingerprint density at radius 3 is 0.955 bits per heavy atom. The van der Waals surface area contributed by atoms with E-state index in [0.29, 0.717) is 17.4 Å². The number of allylic oxidation sites excluding steroid dienone is 16. The maximum Gasteiger partial charge on any atom is 0.472 e. The minimum absolute atomic E-state index is 0.0254. The maximum atomic E-state index is 12.9. The third-order valence-electron chi connectivity index (χ3n) is 16.4. The fraction of sp³-hybridized carbons (Fsp3) is 0.772. The van der Waals surface area contributed by atoms with Gasteiger partial charge in [-0.25, -0.2) is 4.57 Å². The van der Waals surface area contributed by atoms with Crippen molar-refractivity contribution < 1.29 is 42.1 Å². The van der Waals surface area contributed by atoms with Gasteiger partial charge in [-0.3, -0.25) is 18.6 Å². The molecule has 0 aliphatic rings. The Labute approximate surface area is 551 Å². The molecule has 2 unspecified atom stereocenters. The van der Waals surface area contributed by atoms with Crippen LogP contribution < -0.4 is 0 Å². The average Bonchev–Trinajstić information content (AvgIpc) is 3.60. The lowest BCUT2D eigenvalue weighted by Crippen LogP contribution is -2.37. The number of carbonyl (C=O) groups excluding carboxylic acids is 2. The summed E-state index contributed by atoms with van der Waals surface area (Å²) in [6.07, 6.45) is 96.8. The zero-order valence-corrected chi connectivity index (χ0v) is 59.8. The van der Waals surface area contributed by atoms with E-state index in [-0.39, 0.29) is 32.0 Å². The molecule has 10 heteroatoms. The molecular formula is C79H143NO8P+. The van der Waals surface area contributed by atoms with Crippen molar-refractivity contribution >= 4 is 19.8 Å². The third-order valence-corrected chi connectivity index (χ3v) is 17.4. The standard InChI is InChI=1S/C79H142NO8P/c1-6-8-10-12-14-16-18-20-22-24-26-28-30-32-34-36-38-39-40-42-43-45-47-49-51-53-55-57-59-61-63-65-67-69-71-78(81)85-75-77(76-87-89(83,84)86-74-73-80(3,4)5)88-79(82)72-70-68-66-64-62-60-58-56-54-52-50-48-46-44-41-37-35-33-31-29-27-25-23-21-19-17-15-13-11-9-7-2/h9,11,15,17,21,23,27,29,33,35,41,44,48,50,54,56,77H,6-8,10,12-14,16,18-20,22,24-26,28,30-32,34,36-40,42-43,45-47,49,51-53,55,57-76H2,1-5H3/p+1/b11-9-,17-15-,23-21-,29-27-,35-33-,44-41-,50-48-,56-54-. The van der Waals surface area contributed by atoms with Gasteiger partial charge in [0.1, 0.15) is 19.8 Å². The van der Waals surface area contributed by atoms with Crippen molar-refractivity contribution in [2.24, 2.45) is 0 Å². The lowest BCUT2D eigenvalue weighted by atomic mass is 10.0. The normalized spacial score (nSPS) is 13.6. The SMILES string of the molecule is CC/C=C\C/C=C\C/C=C\C/C=C\C/C=C\C/C=C\C/C=C\C/C=C\CCCCCCCCC(=O)OC(COC(=O)CCCCCCCCCCCCCCCCCCCCCCCCCCCCCCCCCCCC)COP(=O)(O)OCC[N+](C)(C)C. The summed E-state index contributed by atoms with van der Waals surface area (Å²) >= 11 is 0. The predicted molar refractivity (Wildman–Crippen MR) is 385 cm³/mol. The summed E-state index contributed by atoms with van der Waals surface area (Å²) in [5.74, 6) is -0.806. The minimum Gasteiger partial charge on any atom is -0.462 e. The van der Waals surface area contributed by atoms with Crippen molar-refractivity contribution in [1.29, 1.82) is 0 Å². The molecule has 0 saturated heterocycles. The Morgan fingerprint density at radius 2 is 0.640 bits per heavy atom. The van der Waals surface area contributed by atoms with Crippen molar-refractivity contribution in [2.75, 3.05) is 47.5 Å². The van der Waals surface area contributed by atoms with Gasteiger partial charge < -0.3 is 18.9 Å². The van der Waals surface area contributed by atoms with Crippen LogP contribution in [0.25, 0.3) is 0 Å². The fourth-order valence-corrected chi connectivity index (χ4v) is 11.4. The van der Waals surface area contributed by atoms with Gasteiger partial charge in [0.15, 0.2) is 6.10 Å². The van der Waals surface area contributed by atoms with E-state index in [2.05, 4.69) is 111 Å². The molecule has 89 heavy (non-hydrogen) atoms. The second-order valence-corrected chi connectivity index (χ2v) is 27.8. The van der Waals surface area contributed by atoms with Gasteiger partial charge in [-0.05, 0) is 77.0 Å². The van der Waals surface area contributed by atoms with Crippen LogP contribution in [0.4, 0.5) is 0 Å². The van der Waals surface area contributed by atoms with Crippen LogP contribution in [0.3, 0.4) is 0 Å². The first-order valence-corrected chi connectivity index (χ1v) is 39.0. The zero-order chi connectivity index (χ0) is 64.8. The molecule has 0 aliphatic carbocycles. The Kier molecular flexibility index (Phi) is 66.9. The van der Waals surface area contributed by atoms with E-state index in [0.717, 1.165) is 109 Å². The van der Waals surface area contributed by atoms with Gasteiger partial charge in [-0.1, -0.05) is 349 Å². The molecule has 0 aromatic rings. The van der Waals surface area contributed by atoms with Crippen LogP contribution in [-0.4, -0.2) is 74.9 Å². The molecule has 0 heterocycles. The van der Waals surface area contributed by atoms with Crippen LogP contribution in [-0.2, 0) is 32.7 Å². The summed E-state index contributed by atoms with van der Waals surface area (Å²) in [5.41, 5.74) is 0. The van der Waals surface area contributed by atoms with Crippen LogP contribution in [0.15, 0.2) is 97.2 Å². The van der Waals surface area contributed by atoms with Gasteiger partial charge >= 0.3 is 19.8 Å². The summed E-state index contributed by atoms with van der Waals surface area (Å²) in [7, 11) is 1.47. The fourth-order valence-electron chi connectivity index (χ4n) is 10.7. The molecule has 1 N–H and O–H groups in total. The van der Waals surface area contributed by atoms with Crippen LogP contribution in [0.2, 0.25) is 0 Å². The van der Waals surface area contributed by atoms with E-state index in [9.17, 15) is 19.0 Å². The number of carbonyl (C=O) groups is 2. The molecule has 0 bridgehead atoms. The number of likely N-dealkylation sites (N-methyl/N-ethyl adjacent to an activating group) is 1. The van der Waals surface area contributed by atoms with E-state index in [4.69, 9.17) is 18.5 Å². The van der Waals surface area contributed by atoms with Crippen molar-refractivity contribution in [3.63, 3.8) is 0 Å². The highest BCUT2D eigenvalue weighted by Gasteiger charge is 2.27. The van der Waals surface area contributed by atoms with Crippen LogP contribution in [0.5, 0.6) is 0 Å². The van der Waals surface area contributed by atoms with Crippen molar-refractivity contribution in [3.05, 3.63) is 97.2 Å². The highest BCUT2D eigenvalue weighted by Crippen LogP contribution is 2.43. The molecule has 0 aromatic carbocycles. The second-order valence-electron chi connectivity index (χ2n) is 26.3. The Balaban J connectivity index is 4.03. The molecule has 0 aliphatic heterocycles. The molecule has 0 fully saturated rings. The Hall–Kier alpha value is -3.07. The molecular weight excluding hydrogens is 1120 g/mol. The highest BCUT2D eigenvalue weighted by molar-refractivity contribution is 7.47. The van der Waals surface area contributed by atoms with Gasteiger partial charge in [0.05, 0.1) is 27.7 Å². The number of ether oxygens (including phenoxy) is 2. The number of hydrogen-bond acceptors (Lipinski definition) is 7. The van der Waals surface area contributed by atoms with Gasteiger partial charge in [-0.2, -0.15) is 0 Å². The van der Waals surface area contributed by atoms with Crippen molar-refractivity contribution in [2.45, 2.75) is 347 Å². The average molecular weight is 1270 g/mol. The topological polar surface area (TPSA) is 108 Å². The van der Waals surface area contributed by atoms with Gasteiger partial charge in [-0.15, -0.1) is 0 Å². The first-order chi connectivity index (χ1) is 43.5. The number of phosphoric ester groups is 1. The second kappa shape index (κ2) is 69.3. The molecule has 0 rings (SSSR count). The zero-order valence-electron chi connectivity index (χ0n) is 58.9. The molecule has 0 saturated carbocycles. The lowest BCUT2D eigenvalue weighted by Gasteiger charge is -2.24. The van der Waals surface area contributed by atoms with Crippen LogP contribution in [0, 0.1) is 0 Å². The van der Waals surface area contributed by atoms with Crippen molar-refractivity contribution in [3.8, 4) is 0 Å². The quantitative estimate of drug-likeness (QED) is 0.0211. The summed E-state index contributed by atoms with van der Waals surface area (Å²) in [6.45, 7) is 4.34. The number of hydrogen-bond donors (Lipinski definition) is 1. The number of phosphoric acid groups is 1. The number of rotatable bonds is 69. The summed E-state index contributed by atoms with van der Waals surface area (Å²) in [4.78, 5) is 35.9. The Bertz CT molecular complexity index is 1820. The van der Waals surface area contributed by atoms with Crippen LogP contribution in [0.1, 0.15) is 341 Å². The van der Waals surface area contributed by atoms with E-state index in [1.807, 2.05) is 21.1 Å². The molecule has 0 amide bonds. The first kappa shape index (κ1) is 85.9. The minimum atomic E-state index is -4.40. The highest BCUT2D eigenvalue weighted by atomic mass is 31.2. The maximum absolute atomic E-state index is 12.9. The van der Waals surface area contributed by atoms with Crippen molar-refractivity contribution in [1.82, 2.24) is 0 Å². The third kappa shape index (κ3) is 73.9. The van der Waals surface area contributed by atoms with Gasteiger partial charge in [0, 0.05) is 12.8 Å². The monoisotopic (exact) mass is 1270 g/mol.